The molecule has 0 saturated heterocycles. The Hall–Kier alpha value is -1.05. The van der Waals surface area contributed by atoms with Crippen molar-refractivity contribution < 1.29 is 0 Å². The topological polar surface area (TPSA) is 28.7 Å². The number of aromatic amines is 1. The summed E-state index contributed by atoms with van der Waals surface area (Å²) in [6.45, 7) is 1.91. The summed E-state index contributed by atoms with van der Waals surface area (Å²) in [6, 6.07) is 1.86. The maximum atomic E-state index is 3.84. The molecule has 0 aromatic carbocycles. The second-order valence-corrected chi connectivity index (χ2v) is 1.39. The Kier molecular flexibility index (Phi) is 1.47. The van der Waals surface area contributed by atoms with E-state index in [4.69, 9.17) is 0 Å². The van der Waals surface area contributed by atoms with Crippen molar-refractivity contribution in [2.75, 3.05) is 0 Å². The molecule has 1 aromatic rings. The van der Waals surface area contributed by atoms with Crippen LogP contribution in [0.3, 0.4) is 0 Å². The molecule has 0 bridgehead atoms. The van der Waals surface area contributed by atoms with Gasteiger partial charge < -0.3 is 0 Å². The lowest BCUT2D eigenvalue weighted by Crippen LogP contribution is -1.70. The number of hydrogen-bond acceptors (Lipinski definition) is 1. The minimum atomic E-state index is 0.854. The number of allylic oxidation sites excluding steroid dienone is 1. The number of aromatic nitrogens is 2. The van der Waals surface area contributed by atoms with Crippen LogP contribution in [0.25, 0.3) is 0 Å². The SMILES string of the molecule is C/C=[C]/c1cc[nH]n1. The number of hydrogen-bond donors (Lipinski definition) is 1. The van der Waals surface area contributed by atoms with Gasteiger partial charge >= 0.3 is 0 Å². The van der Waals surface area contributed by atoms with E-state index in [-0.39, 0.29) is 0 Å². The largest absolute Gasteiger partial charge is 0.285 e. The molecule has 2 heteroatoms. The molecular formula is C6H7N2. The van der Waals surface area contributed by atoms with Crippen LogP contribution in [0, 0.1) is 6.08 Å². The fourth-order valence-electron chi connectivity index (χ4n) is 0.489. The molecule has 1 radical (unpaired) electrons. The second-order valence-electron chi connectivity index (χ2n) is 1.39. The lowest BCUT2D eigenvalue weighted by atomic mass is 10.4. The molecule has 0 aliphatic carbocycles. The fourth-order valence-corrected chi connectivity index (χ4v) is 0.489. The van der Waals surface area contributed by atoms with Crippen LogP contribution < -0.4 is 0 Å². The van der Waals surface area contributed by atoms with E-state index in [1.165, 1.54) is 0 Å². The van der Waals surface area contributed by atoms with Gasteiger partial charge in [-0.3, -0.25) is 5.10 Å². The number of nitrogens with one attached hydrogen (secondary N) is 1. The Morgan fingerprint density at radius 2 is 2.75 bits per heavy atom. The zero-order valence-electron chi connectivity index (χ0n) is 4.68. The van der Waals surface area contributed by atoms with E-state index in [1.807, 2.05) is 19.1 Å². The van der Waals surface area contributed by atoms with E-state index in [2.05, 4.69) is 16.3 Å². The molecule has 8 heavy (non-hydrogen) atoms. The van der Waals surface area contributed by atoms with Crippen LogP contribution in [0.5, 0.6) is 0 Å². The first-order chi connectivity index (χ1) is 3.93. The molecule has 41 valence electrons. The zero-order valence-corrected chi connectivity index (χ0v) is 4.68. The van der Waals surface area contributed by atoms with Crippen molar-refractivity contribution in [2.24, 2.45) is 0 Å². The smallest absolute Gasteiger partial charge is 0.0923 e. The average molecular weight is 107 g/mol. The van der Waals surface area contributed by atoms with Gasteiger partial charge in [0.25, 0.3) is 0 Å². The van der Waals surface area contributed by atoms with E-state index >= 15 is 0 Å². The lowest BCUT2D eigenvalue weighted by Gasteiger charge is -1.72. The van der Waals surface area contributed by atoms with Gasteiger partial charge in [-0.05, 0) is 13.0 Å². The lowest BCUT2D eigenvalue weighted by molar-refractivity contribution is 1.06. The summed E-state index contributed by atoms with van der Waals surface area (Å²) in [6.07, 6.45) is 6.52. The summed E-state index contributed by atoms with van der Waals surface area (Å²) < 4.78 is 0. The Labute approximate surface area is 48.2 Å². The quantitative estimate of drug-likeness (QED) is 0.572. The highest BCUT2D eigenvalue weighted by Crippen LogP contribution is 1.88. The van der Waals surface area contributed by atoms with Gasteiger partial charge in [0.05, 0.1) is 5.69 Å². The van der Waals surface area contributed by atoms with Gasteiger partial charge in [0.15, 0.2) is 0 Å². The molecule has 0 unspecified atom stereocenters. The predicted molar refractivity (Wildman–Crippen MR) is 31.2 cm³/mol. The van der Waals surface area contributed by atoms with Crippen molar-refractivity contribution in [1.82, 2.24) is 10.2 Å². The maximum Gasteiger partial charge on any atom is 0.0923 e. The van der Waals surface area contributed by atoms with Gasteiger partial charge in [-0.15, -0.1) is 0 Å². The molecule has 0 aliphatic heterocycles. The van der Waals surface area contributed by atoms with E-state index < -0.39 is 0 Å². The maximum absolute atomic E-state index is 3.84. The summed E-state index contributed by atoms with van der Waals surface area (Å²) in [5.74, 6) is 0. The third kappa shape index (κ3) is 0.964. The van der Waals surface area contributed by atoms with E-state index in [0.717, 1.165) is 5.69 Å². The molecule has 0 aliphatic rings. The third-order valence-electron chi connectivity index (χ3n) is 0.793. The highest BCUT2D eigenvalue weighted by atomic mass is 15.1. The summed E-state index contributed by atoms with van der Waals surface area (Å²) in [5, 5.41) is 6.52. The molecule has 1 heterocycles. The molecule has 1 aromatic heterocycles. The normalized spacial score (nSPS) is 10.6. The van der Waals surface area contributed by atoms with Crippen LogP contribution in [0.15, 0.2) is 18.3 Å². The van der Waals surface area contributed by atoms with Crippen molar-refractivity contribution in [3.05, 3.63) is 30.1 Å². The monoisotopic (exact) mass is 107 g/mol. The highest BCUT2D eigenvalue weighted by Gasteiger charge is 1.82. The molecular weight excluding hydrogens is 100 g/mol. The first-order valence-electron chi connectivity index (χ1n) is 2.47. The van der Waals surface area contributed by atoms with E-state index in [0.29, 0.717) is 0 Å². The van der Waals surface area contributed by atoms with Crippen molar-refractivity contribution in [3.63, 3.8) is 0 Å². The number of H-pyrrole nitrogens is 1. The van der Waals surface area contributed by atoms with Gasteiger partial charge in [-0.25, -0.2) is 0 Å². The zero-order chi connectivity index (χ0) is 5.82. The predicted octanol–water partition coefficient (Wildman–Crippen LogP) is 1.14. The summed E-state index contributed by atoms with van der Waals surface area (Å²) in [7, 11) is 0. The fraction of sp³-hybridized carbons (Fsp3) is 0.167. The van der Waals surface area contributed by atoms with Crippen molar-refractivity contribution >= 4 is 0 Å². The molecule has 0 spiro atoms. The van der Waals surface area contributed by atoms with Crippen LogP contribution >= 0.6 is 0 Å². The summed E-state index contributed by atoms with van der Waals surface area (Å²) >= 11 is 0. The van der Waals surface area contributed by atoms with Crippen LogP contribution in [0.4, 0.5) is 0 Å². The molecule has 0 amide bonds. The van der Waals surface area contributed by atoms with Crippen LogP contribution in [0.2, 0.25) is 0 Å². The molecule has 1 N–H and O–H groups in total. The third-order valence-corrected chi connectivity index (χ3v) is 0.793. The van der Waals surface area contributed by atoms with Gasteiger partial charge in [0, 0.05) is 12.3 Å². The van der Waals surface area contributed by atoms with Gasteiger partial charge in [-0.1, -0.05) is 6.08 Å². The highest BCUT2D eigenvalue weighted by molar-refractivity contribution is 5.07. The van der Waals surface area contributed by atoms with E-state index in [1.54, 1.807) is 6.20 Å². The Balaban J connectivity index is 2.77. The minimum absolute atomic E-state index is 0.854. The molecule has 2 nitrogen and oxygen atoms in total. The molecule has 0 fully saturated rings. The average Bonchev–Trinajstić information content (AvgIpc) is 2.19. The van der Waals surface area contributed by atoms with Crippen molar-refractivity contribution in [1.29, 1.82) is 0 Å². The first kappa shape index (κ1) is 5.09. The number of nitrogens with zero attached hydrogens (tertiary/aromatic N) is 1. The minimum Gasteiger partial charge on any atom is -0.285 e. The van der Waals surface area contributed by atoms with Crippen LogP contribution in [-0.4, -0.2) is 10.2 Å². The standard InChI is InChI=1S/C6H7N2/c1-2-3-6-4-5-7-8-6/h2,4-5H,1H3,(H,7,8). The Morgan fingerprint density at radius 3 is 3.25 bits per heavy atom. The first-order valence-corrected chi connectivity index (χ1v) is 2.47. The van der Waals surface area contributed by atoms with Crippen LogP contribution in [0.1, 0.15) is 12.6 Å². The Morgan fingerprint density at radius 1 is 1.88 bits per heavy atom. The molecule has 0 atom stereocenters. The van der Waals surface area contributed by atoms with Crippen molar-refractivity contribution in [3.8, 4) is 0 Å². The Bertz CT molecular complexity index is 163. The number of rotatable bonds is 1. The van der Waals surface area contributed by atoms with Gasteiger partial charge in [-0.2, -0.15) is 5.10 Å². The van der Waals surface area contributed by atoms with Crippen molar-refractivity contribution in [2.45, 2.75) is 6.92 Å². The van der Waals surface area contributed by atoms with Gasteiger partial charge in [0.2, 0.25) is 0 Å². The van der Waals surface area contributed by atoms with E-state index in [9.17, 15) is 0 Å². The molecule has 1 rings (SSSR count). The second kappa shape index (κ2) is 2.31. The van der Waals surface area contributed by atoms with Crippen LogP contribution in [-0.2, 0) is 0 Å². The van der Waals surface area contributed by atoms with Gasteiger partial charge in [0.1, 0.15) is 0 Å². The summed E-state index contributed by atoms with van der Waals surface area (Å²) in [5.41, 5.74) is 0.854. The summed E-state index contributed by atoms with van der Waals surface area (Å²) in [4.78, 5) is 0. The molecule has 0 saturated carbocycles.